The molecular weight excluding hydrogens is 1560 g/mol. The van der Waals surface area contributed by atoms with E-state index in [9.17, 15) is 47.9 Å². The van der Waals surface area contributed by atoms with Crippen molar-refractivity contribution in [1.29, 1.82) is 0 Å². The molecule has 26 heteroatoms. The molecule has 0 heterocycles. The first-order valence-corrected chi connectivity index (χ1v) is 49.4. The summed E-state index contributed by atoms with van der Waals surface area (Å²) in [5.74, 6) is -3.53. The number of nitrogens with zero attached hydrogens (tertiary/aromatic N) is 2. The van der Waals surface area contributed by atoms with E-state index < -0.39 is 23.8 Å². The highest BCUT2D eigenvalue weighted by Gasteiger charge is 2.24. The van der Waals surface area contributed by atoms with Crippen LogP contribution in [-0.4, -0.2) is 227 Å². The molecule has 4 N–H and O–H groups in total. The highest BCUT2D eigenvalue weighted by atomic mass is 16.6. The fraction of sp³-hybridized carbons (Fsp3) is 0.896. The Kier molecular flexibility index (Phi) is 88.9. The lowest BCUT2D eigenvalue weighted by molar-refractivity contribution is -0.148. The first-order chi connectivity index (χ1) is 59.7. The molecule has 0 radical (unpaired) electrons. The molecule has 0 aliphatic heterocycles. The fourth-order valence-electron chi connectivity index (χ4n) is 14.1. The van der Waals surface area contributed by atoms with Gasteiger partial charge in [-0.25, -0.2) is 0 Å². The fourth-order valence-corrected chi connectivity index (χ4v) is 14.1. The van der Waals surface area contributed by atoms with E-state index in [4.69, 9.17) is 47.4 Å². The van der Waals surface area contributed by atoms with Gasteiger partial charge in [-0.1, -0.05) is 285 Å². The van der Waals surface area contributed by atoms with Crippen LogP contribution in [-0.2, 0) is 95.3 Å². The zero-order chi connectivity index (χ0) is 89.0. The van der Waals surface area contributed by atoms with Gasteiger partial charge in [0, 0.05) is 97.7 Å². The van der Waals surface area contributed by atoms with Crippen molar-refractivity contribution in [2.45, 2.75) is 406 Å². The van der Waals surface area contributed by atoms with Gasteiger partial charge in [0.25, 0.3) is 0 Å². The van der Waals surface area contributed by atoms with E-state index in [0.717, 1.165) is 103 Å². The van der Waals surface area contributed by atoms with Gasteiger partial charge in [0.05, 0.1) is 85.6 Å². The third-order valence-corrected chi connectivity index (χ3v) is 21.7. The molecule has 122 heavy (non-hydrogen) atoms. The summed E-state index contributed by atoms with van der Waals surface area (Å²) >= 11 is 0. The minimum Gasteiger partial charge on any atom is -0.464 e. The Morgan fingerprint density at radius 1 is 0.238 bits per heavy atom. The standard InChI is InChI=1S/C96H180N6O20/c1-6-10-14-18-22-26-30-34-38-42-46-55-92(108)119-74-67-101(68-75-120-93(109)56-47-43-39-35-31-27-23-19-15-11-7-2)90(106)61-59-87(103)97-64-51-50-54-86(96(112)99-66-53-72-115-81-84-118-83-80-114-71-52-65-98-88(104)63-73-116-82-85-117-79-78-113-5)100-89(105)60-62-91(107)102(69-76-121-94(110)57-48-44-40-36-32-28-24-20-16-12-8-3)70-77-122-95(111)58-49-45-41-37-33-29-25-21-17-13-9-4/h86H,6-85H2,1-5H3,(H,97,103)(H,98,104)(H,99,112)(H,100,105)/t86-/m0/s1. The summed E-state index contributed by atoms with van der Waals surface area (Å²) in [5, 5.41) is 11.5. The molecule has 0 aromatic rings. The topological polar surface area (TPSA) is 318 Å². The van der Waals surface area contributed by atoms with Crippen LogP contribution in [0.2, 0.25) is 0 Å². The molecule has 0 spiro atoms. The number of carbonyl (C=O) groups is 10. The predicted octanol–water partition coefficient (Wildman–Crippen LogP) is 18.1. The molecule has 1 atom stereocenters. The first kappa shape index (κ1) is 116. The molecule has 0 saturated carbocycles. The molecule has 0 bridgehead atoms. The molecule has 6 amide bonds. The minimum absolute atomic E-state index is 0.0283. The van der Waals surface area contributed by atoms with Crippen molar-refractivity contribution in [1.82, 2.24) is 31.1 Å². The van der Waals surface area contributed by atoms with Crippen LogP contribution >= 0.6 is 0 Å². The van der Waals surface area contributed by atoms with Gasteiger partial charge in [-0.2, -0.15) is 0 Å². The van der Waals surface area contributed by atoms with E-state index in [-0.39, 0.29) is 159 Å². The van der Waals surface area contributed by atoms with Crippen molar-refractivity contribution >= 4 is 59.3 Å². The van der Waals surface area contributed by atoms with Crippen LogP contribution in [0.15, 0.2) is 0 Å². The number of hydrogen-bond acceptors (Lipinski definition) is 20. The summed E-state index contributed by atoms with van der Waals surface area (Å²) in [6, 6.07) is -0.997. The van der Waals surface area contributed by atoms with Crippen LogP contribution in [0.1, 0.15) is 400 Å². The second-order valence-corrected chi connectivity index (χ2v) is 32.9. The van der Waals surface area contributed by atoms with Crippen LogP contribution in [0, 0.1) is 0 Å². The third-order valence-electron chi connectivity index (χ3n) is 21.7. The van der Waals surface area contributed by atoms with Gasteiger partial charge in [0.2, 0.25) is 35.4 Å². The van der Waals surface area contributed by atoms with Crippen molar-refractivity contribution in [2.24, 2.45) is 0 Å². The maximum absolute atomic E-state index is 14.0. The van der Waals surface area contributed by atoms with E-state index in [0.29, 0.717) is 118 Å². The Hall–Kier alpha value is -5.54. The molecule has 0 saturated heterocycles. The van der Waals surface area contributed by atoms with E-state index >= 15 is 0 Å². The molecule has 0 fully saturated rings. The van der Waals surface area contributed by atoms with Gasteiger partial charge in [0.1, 0.15) is 32.5 Å². The normalized spacial score (nSPS) is 11.5. The van der Waals surface area contributed by atoms with E-state index in [1.807, 2.05) is 0 Å². The Labute approximate surface area is 740 Å². The number of unbranched alkanes of at least 4 members (excludes halogenated alkanes) is 41. The molecule has 0 aliphatic carbocycles. The van der Waals surface area contributed by atoms with Crippen LogP contribution in [0.5, 0.6) is 0 Å². The Morgan fingerprint density at radius 3 is 0.820 bits per heavy atom. The van der Waals surface area contributed by atoms with Crippen molar-refractivity contribution < 1.29 is 95.3 Å². The molecule has 0 unspecified atom stereocenters. The van der Waals surface area contributed by atoms with E-state index in [1.165, 1.54) is 190 Å². The summed E-state index contributed by atoms with van der Waals surface area (Å²) in [4.78, 5) is 135. The predicted molar refractivity (Wildman–Crippen MR) is 484 cm³/mol. The van der Waals surface area contributed by atoms with Crippen LogP contribution in [0.25, 0.3) is 0 Å². The molecular formula is C96H180N6O20. The average molecular weight is 1740 g/mol. The summed E-state index contributed by atoms with van der Waals surface area (Å²) in [5.41, 5.74) is 0. The zero-order valence-electron chi connectivity index (χ0n) is 78.2. The highest BCUT2D eigenvalue weighted by Crippen LogP contribution is 2.18. The van der Waals surface area contributed by atoms with Gasteiger partial charge in [-0.15, -0.1) is 0 Å². The number of carbonyl (C=O) groups excluding carboxylic acids is 10. The SMILES string of the molecule is CCCCCCCCCCCCCC(=O)OCCN(CCOC(=O)CCCCCCCCCCCCC)C(=O)CCC(=O)NCCCC[C@H](NC(=O)CCC(=O)N(CCOC(=O)CCCCCCCCCCCCC)CCOC(=O)CCCCCCCCCCCCC)C(=O)NCCCOCCOCCOCCCNC(=O)CCOCCOCCOC. The lowest BCUT2D eigenvalue weighted by atomic mass is 10.1. The summed E-state index contributed by atoms with van der Waals surface area (Å²) in [6.45, 7) is 14.3. The lowest BCUT2D eigenvalue weighted by Gasteiger charge is -2.23. The largest absolute Gasteiger partial charge is 0.464 e. The van der Waals surface area contributed by atoms with Crippen molar-refractivity contribution in [3.05, 3.63) is 0 Å². The smallest absolute Gasteiger partial charge is 0.305 e. The number of esters is 4. The number of ether oxygens (including phenoxy) is 10. The quantitative estimate of drug-likeness (QED) is 0.0250. The maximum Gasteiger partial charge on any atom is 0.305 e. The monoisotopic (exact) mass is 1740 g/mol. The number of nitrogens with one attached hydrogen (secondary N) is 4. The van der Waals surface area contributed by atoms with Gasteiger partial charge < -0.3 is 78.4 Å². The minimum atomic E-state index is -0.997. The van der Waals surface area contributed by atoms with Crippen molar-refractivity contribution in [3.63, 3.8) is 0 Å². The second kappa shape index (κ2) is 93.1. The summed E-state index contributed by atoms with van der Waals surface area (Å²) in [6.07, 6.45) is 53.8. The Bertz CT molecular complexity index is 2380. The molecule has 0 aromatic carbocycles. The molecule has 26 nitrogen and oxygen atoms in total. The number of amides is 6. The van der Waals surface area contributed by atoms with Crippen LogP contribution in [0.3, 0.4) is 0 Å². The van der Waals surface area contributed by atoms with Gasteiger partial charge >= 0.3 is 23.9 Å². The zero-order valence-corrected chi connectivity index (χ0v) is 78.2. The second-order valence-electron chi connectivity index (χ2n) is 32.9. The molecule has 0 aromatic heterocycles. The van der Waals surface area contributed by atoms with Gasteiger partial charge in [0.15, 0.2) is 0 Å². The number of rotatable bonds is 96. The van der Waals surface area contributed by atoms with Gasteiger partial charge in [-0.3, -0.25) is 47.9 Å². The van der Waals surface area contributed by atoms with E-state index in [2.05, 4.69) is 49.0 Å². The van der Waals surface area contributed by atoms with Crippen LogP contribution in [0.4, 0.5) is 0 Å². The van der Waals surface area contributed by atoms with E-state index in [1.54, 1.807) is 7.11 Å². The molecule has 0 aliphatic rings. The molecule has 714 valence electrons. The van der Waals surface area contributed by atoms with Crippen molar-refractivity contribution in [3.8, 4) is 0 Å². The Morgan fingerprint density at radius 2 is 0.500 bits per heavy atom. The highest BCUT2D eigenvalue weighted by molar-refractivity contribution is 5.89. The lowest BCUT2D eigenvalue weighted by Crippen LogP contribution is -2.47. The molecule has 0 rings (SSSR count). The summed E-state index contributed by atoms with van der Waals surface area (Å²) in [7, 11) is 1.61. The van der Waals surface area contributed by atoms with Gasteiger partial charge in [-0.05, 0) is 57.8 Å². The number of methoxy groups -OCH3 is 1. The average Bonchev–Trinajstić information content (AvgIpc) is 0.914. The Balaban J connectivity index is 5.85. The van der Waals surface area contributed by atoms with Crippen LogP contribution < -0.4 is 21.3 Å². The van der Waals surface area contributed by atoms with Crippen molar-refractivity contribution in [2.75, 3.05) is 152 Å². The first-order valence-electron chi connectivity index (χ1n) is 49.4. The third kappa shape index (κ3) is 84.0. The maximum atomic E-state index is 14.0. The number of hydrogen-bond donors (Lipinski definition) is 4. The summed E-state index contributed by atoms with van der Waals surface area (Å²) < 4.78 is 55.1.